The highest BCUT2D eigenvalue weighted by Gasteiger charge is 2.23. The SMILES string of the molecule is CCC(NC(C)C)C(O)c1ccc(C(=O)O)c2[nH]c(=O)ccc12.Cl. The largest absolute Gasteiger partial charge is 0.478 e. The molecule has 2 unspecified atom stereocenters. The zero-order chi connectivity index (χ0) is 17.1. The molecule has 7 heteroatoms. The van der Waals surface area contributed by atoms with Crippen LogP contribution in [0.3, 0.4) is 0 Å². The number of aliphatic hydroxyl groups is 1. The lowest BCUT2D eigenvalue weighted by Crippen LogP contribution is -2.39. The minimum absolute atomic E-state index is 0. The molecule has 132 valence electrons. The van der Waals surface area contributed by atoms with Crippen molar-refractivity contribution < 1.29 is 15.0 Å². The van der Waals surface area contributed by atoms with Crippen LogP contribution in [0.25, 0.3) is 10.9 Å². The molecular weight excluding hydrogens is 332 g/mol. The third-order valence-electron chi connectivity index (χ3n) is 3.85. The molecule has 4 N–H and O–H groups in total. The number of rotatable bonds is 6. The molecule has 1 heterocycles. The molecule has 0 bridgehead atoms. The average Bonchev–Trinajstić information content (AvgIpc) is 2.50. The van der Waals surface area contributed by atoms with Gasteiger partial charge in [-0.15, -0.1) is 12.4 Å². The minimum atomic E-state index is -1.12. The number of aromatic carboxylic acids is 1. The van der Waals surface area contributed by atoms with Gasteiger partial charge in [0.1, 0.15) is 0 Å². The Morgan fingerprint density at radius 1 is 1.25 bits per heavy atom. The van der Waals surface area contributed by atoms with Crippen LogP contribution in [0.15, 0.2) is 29.1 Å². The Morgan fingerprint density at radius 2 is 1.92 bits per heavy atom. The number of nitrogens with one attached hydrogen (secondary N) is 2. The first-order valence-corrected chi connectivity index (χ1v) is 7.68. The summed E-state index contributed by atoms with van der Waals surface area (Å²) in [5, 5.41) is 23.9. The lowest BCUT2D eigenvalue weighted by Gasteiger charge is -2.26. The molecule has 0 amide bonds. The molecule has 24 heavy (non-hydrogen) atoms. The van der Waals surface area contributed by atoms with Gasteiger partial charge in [-0.1, -0.05) is 26.8 Å². The second-order valence-electron chi connectivity index (χ2n) is 5.90. The number of aromatic amines is 1. The van der Waals surface area contributed by atoms with E-state index in [0.29, 0.717) is 17.4 Å². The fourth-order valence-corrected chi connectivity index (χ4v) is 2.79. The topological polar surface area (TPSA) is 102 Å². The highest BCUT2D eigenvalue weighted by atomic mass is 35.5. The van der Waals surface area contributed by atoms with Crippen LogP contribution in [-0.2, 0) is 0 Å². The van der Waals surface area contributed by atoms with E-state index in [1.807, 2.05) is 20.8 Å². The number of carbonyl (C=O) groups is 1. The van der Waals surface area contributed by atoms with Gasteiger partial charge < -0.3 is 20.5 Å². The van der Waals surface area contributed by atoms with E-state index in [-0.39, 0.29) is 41.1 Å². The first-order valence-electron chi connectivity index (χ1n) is 7.68. The van der Waals surface area contributed by atoms with Crippen molar-refractivity contribution in [3.05, 3.63) is 45.7 Å². The van der Waals surface area contributed by atoms with Crippen molar-refractivity contribution in [2.75, 3.05) is 0 Å². The number of H-pyrrole nitrogens is 1. The number of carboxylic acid groups (broad SMARTS) is 1. The van der Waals surface area contributed by atoms with E-state index < -0.39 is 12.1 Å². The van der Waals surface area contributed by atoms with E-state index in [2.05, 4.69) is 10.3 Å². The summed E-state index contributed by atoms with van der Waals surface area (Å²) in [6.45, 7) is 5.97. The number of carboxylic acids is 1. The molecule has 1 aromatic heterocycles. The maximum absolute atomic E-state index is 11.6. The lowest BCUT2D eigenvalue weighted by atomic mass is 9.94. The summed E-state index contributed by atoms with van der Waals surface area (Å²) in [6.07, 6.45) is -0.0936. The van der Waals surface area contributed by atoms with E-state index in [0.717, 1.165) is 0 Å². The molecule has 2 atom stereocenters. The fraction of sp³-hybridized carbons (Fsp3) is 0.412. The van der Waals surface area contributed by atoms with Crippen molar-refractivity contribution in [3.8, 4) is 0 Å². The molecule has 0 aliphatic carbocycles. The van der Waals surface area contributed by atoms with E-state index in [1.54, 1.807) is 12.1 Å². The molecule has 0 spiro atoms. The first kappa shape index (κ1) is 20.2. The Labute approximate surface area is 146 Å². The van der Waals surface area contributed by atoms with E-state index in [4.69, 9.17) is 0 Å². The Bertz CT molecular complexity index is 773. The van der Waals surface area contributed by atoms with Crippen molar-refractivity contribution >= 4 is 29.3 Å². The molecule has 0 saturated heterocycles. The van der Waals surface area contributed by atoms with Crippen LogP contribution in [0.1, 0.15) is 49.2 Å². The standard InChI is InChI=1S/C17H22N2O4.ClH/c1-4-13(18-9(2)3)16(21)11-5-6-12(17(22)23)15-10(11)7-8-14(20)19-15;/h5-9,13,16,18,21H,4H2,1-3H3,(H,19,20)(H,22,23);1H. The van der Waals surface area contributed by atoms with Crippen molar-refractivity contribution in [2.24, 2.45) is 0 Å². The number of aliphatic hydroxyl groups excluding tert-OH is 1. The van der Waals surface area contributed by atoms with Crippen LogP contribution < -0.4 is 10.9 Å². The van der Waals surface area contributed by atoms with Crippen LogP contribution >= 0.6 is 12.4 Å². The van der Waals surface area contributed by atoms with Gasteiger partial charge in [0.2, 0.25) is 5.56 Å². The highest BCUT2D eigenvalue weighted by Crippen LogP contribution is 2.28. The summed E-state index contributed by atoms with van der Waals surface area (Å²) in [5.41, 5.74) is 0.472. The van der Waals surface area contributed by atoms with Crippen LogP contribution in [-0.4, -0.2) is 33.3 Å². The maximum atomic E-state index is 11.6. The van der Waals surface area contributed by atoms with Gasteiger partial charge >= 0.3 is 5.97 Å². The van der Waals surface area contributed by atoms with Gasteiger partial charge in [0.15, 0.2) is 0 Å². The Morgan fingerprint density at radius 3 is 2.46 bits per heavy atom. The smallest absolute Gasteiger partial charge is 0.337 e. The van der Waals surface area contributed by atoms with Crippen LogP contribution in [0.5, 0.6) is 0 Å². The number of benzene rings is 1. The molecule has 0 radical (unpaired) electrons. The highest BCUT2D eigenvalue weighted by molar-refractivity contribution is 6.02. The van der Waals surface area contributed by atoms with E-state index in [1.165, 1.54) is 12.1 Å². The number of hydrogen-bond donors (Lipinski definition) is 4. The lowest BCUT2D eigenvalue weighted by molar-refractivity contribution is 0.0698. The van der Waals surface area contributed by atoms with Gasteiger partial charge in [0.25, 0.3) is 0 Å². The summed E-state index contributed by atoms with van der Waals surface area (Å²) in [4.78, 5) is 25.5. The third kappa shape index (κ3) is 4.14. The van der Waals surface area contributed by atoms with Crippen LogP contribution in [0, 0.1) is 0 Å². The zero-order valence-corrected chi connectivity index (χ0v) is 14.7. The summed E-state index contributed by atoms with van der Waals surface area (Å²) in [6, 6.07) is 5.96. The number of fused-ring (bicyclic) bond motifs is 1. The van der Waals surface area contributed by atoms with Crippen LogP contribution in [0.4, 0.5) is 0 Å². The van der Waals surface area contributed by atoms with Crippen molar-refractivity contribution in [3.63, 3.8) is 0 Å². The normalized spacial score (nSPS) is 13.5. The average molecular weight is 355 g/mol. The fourth-order valence-electron chi connectivity index (χ4n) is 2.79. The first-order chi connectivity index (χ1) is 10.8. The zero-order valence-electron chi connectivity index (χ0n) is 13.9. The molecule has 6 nitrogen and oxygen atoms in total. The molecule has 2 rings (SSSR count). The number of hydrogen-bond acceptors (Lipinski definition) is 4. The van der Waals surface area contributed by atoms with Gasteiger partial charge in [-0.25, -0.2) is 4.79 Å². The Balaban J connectivity index is 0.00000288. The van der Waals surface area contributed by atoms with Gasteiger partial charge in [0, 0.05) is 23.5 Å². The summed E-state index contributed by atoms with van der Waals surface area (Å²) >= 11 is 0. The second kappa shape index (κ2) is 8.28. The van der Waals surface area contributed by atoms with Crippen molar-refractivity contribution in [1.82, 2.24) is 10.3 Å². The van der Waals surface area contributed by atoms with Crippen LogP contribution in [0.2, 0.25) is 0 Å². The summed E-state index contributed by atoms with van der Waals surface area (Å²) in [5.74, 6) is -1.12. The molecular formula is C17H23ClN2O4. The third-order valence-corrected chi connectivity index (χ3v) is 3.85. The maximum Gasteiger partial charge on any atom is 0.337 e. The molecule has 2 aromatic rings. The summed E-state index contributed by atoms with van der Waals surface area (Å²) < 4.78 is 0. The molecule has 1 aromatic carbocycles. The molecule has 0 aliphatic heterocycles. The van der Waals surface area contributed by atoms with E-state index in [9.17, 15) is 19.8 Å². The minimum Gasteiger partial charge on any atom is -0.478 e. The van der Waals surface area contributed by atoms with Crippen molar-refractivity contribution in [1.29, 1.82) is 0 Å². The monoisotopic (exact) mass is 354 g/mol. The predicted octanol–water partition coefficient (Wildman–Crippen LogP) is 2.46. The number of pyridine rings is 1. The summed E-state index contributed by atoms with van der Waals surface area (Å²) in [7, 11) is 0. The Hall–Kier alpha value is -1.89. The van der Waals surface area contributed by atoms with Gasteiger partial charge in [-0.3, -0.25) is 4.79 Å². The second-order valence-corrected chi connectivity index (χ2v) is 5.90. The number of halogens is 1. The van der Waals surface area contributed by atoms with Gasteiger partial charge in [-0.05, 0) is 24.1 Å². The predicted molar refractivity (Wildman–Crippen MR) is 96.1 cm³/mol. The molecule has 0 saturated carbocycles. The van der Waals surface area contributed by atoms with Crippen molar-refractivity contribution in [2.45, 2.75) is 45.4 Å². The molecule has 0 fully saturated rings. The van der Waals surface area contributed by atoms with E-state index >= 15 is 0 Å². The quantitative estimate of drug-likeness (QED) is 0.638. The number of aromatic nitrogens is 1. The molecule has 0 aliphatic rings. The van der Waals surface area contributed by atoms with Gasteiger partial charge in [-0.2, -0.15) is 0 Å². The Kier molecular flexibility index (Phi) is 6.95. The van der Waals surface area contributed by atoms with Gasteiger partial charge in [0.05, 0.1) is 17.2 Å².